The fraction of sp³-hybridized carbons (Fsp3) is 0.680. The van der Waals surface area contributed by atoms with Crippen LogP contribution in [0.4, 0.5) is 0 Å². The first-order valence-corrected chi connectivity index (χ1v) is 14.3. The molecule has 0 aromatic heterocycles. The molecule has 190 valence electrons. The van der Waals surface area contributed by atoms with Gasteiger partial charge in [-0.15, -0.1) is 0 Å². The van der Waals surface area contributed by atoms with Gasteiger partial charge in [0.2, 0.25) is 0 Å². The van der Waals surface area contributed by atoms with Gasteiger partial charge in [0.25, 0.3) is 0 Å². The second kappa shape index (κ2) is 16.0. The van der Waals surface area contributed by atoms with Crippen molar-refractivity contribution >= 4 is 20.3 Å². The molecule has 7 nitrogen and oxygen atoms in total. The number of esters is 2. The van der Waals surface area contributed by atoms with Gasteiger partial charge in [-0.3, -0.25) is 0 Å². The first-order chi connectivity index (χ1) is 15.3. The summed E-state index contributed by atoms with van der Waals surface area (Å²) in [5, 5.41) is 0.141. The quantitative estimate of drug-likeness (QED) is 0.0963. The normalized spacial score (nSPS) is 15.4. The lowest BCUT2D eigenvalue weighted by atomic mass is 10.1. The van der Waals surface area contributed by atoms with Crippen LogP contribution in [-0.2, 0) is 33.0 Å². The van der Waals surface area contributed by atoms with Gasteiger partial charge in [0.1, 0.15) is 19.5 Å². The summed E-state index contributed by atoms with van der Waals surface area (Å²) in [7, 11) is -0.308. The number of rotatable bonds is 16. The molecule has 0 aromatic carbocycles. The summed E-state index contributed by atoms with van der Waals surface area (Å²) >= 11 is 0. The fourth-order valence-electron chi connectivity index (χ4n) is 2.64. The molecule has 0 aliphatic rings. The predicted molar refractivity (Wildman–Crippen MR) is 133 cm³/mol. The van der Waals surface area contributed by atoms with E-state index in [1.165, 1.54) is 25.3 Å². The van der Waals surface area contributed by atoms with Crippen LogP contribution in [0.3, 0.4) is 0 Å². The number of methoxy groups -OCH3 is 1. The fourth-order valence-corrected chi connectivity index (χ4v) is 4.10. The van der Waals surface area contributed by atoms with Gasteiger partial charge < -0.3 is 23.4 Å². The maximum atomic E-state index is 12.2. The summed E-state index contributed by atoms with van der Waals surface area (Å²) in [5.74, 6) is -0.854. The Morgan fingerprint density at radius 3 is 2.18 bits per heavy atom. The number of ether oxygens (including phenoxy) is 4. The first-order valence-electron chi connectivity index (χ1n) is 11.4. The largest absolute Gasteiger partial charge is 0.459 e. The van der Waals surface area contributed by atoms with E-state index >= 15 is 0 Å². The van der Waals surface area contributed by atoms with Gasteiger partial charge >= 0.3 is 11.9 Å². The zero-order valence-electron chi connectivity index (χ0n) is 21.7. The van der Waals surface area contributed by atoms with Gasteiger partial charge in [-0.1, -0.05) is 45.6 Å². The average Bonchev–Trinajstić information content (AvgIpc) is 2.68. The minimum Gasteiger partial charge on any atom is -0.459 e. The Morgan fingerprint density at radius 2 is 1.61 bits per heavy atom. The molecule has 0 unspecified atom stereocenters. The van der Waals surface area contributed by atoms with Crippen LogP contribution < -0.4 is 0 Å². The molecule has 0 aliphatic heterocycles. The van der Waals surface area contributed by atoms with E-state index in [1.807, 2.05) is 6.92 Å². The summed E-state index contributed by atoms with van der Waals surface area (Å²) in [4.78, 5) is 23.7. The maximum absolute atomic E-state index is 12.2. The number of carbonyl (C=O) groups is 2. The van der Waals surface area contributed by atoms with Crippen molar-refractivity contribution < 1.29 is 33.0 Å². The van der Waals surface area contributed by atoms with E-state index in [0.29, 0.717) is 19.3 Å². The van der Waals surface area contributed by atoms with Gasteiger partial charge in [-0.2, -0.15) is 0 Å². The van der Waals surface area contributed by atoms with E-state index in [0.717, 1.165) is 0 Å². The van der Waals surface area contributed by atoms with Gasteiger partial charge in [0.05, 0.1) is 6.10 Å². The Bertz CT molecular complexity index is 650. The van der Waals surface area contributed by atoms with Crippen LogP contribution in [0.25, 0.3) is 0 Å². The minimum atomic E-state index is -1.84. The van der Waals surface area contributed by atoms with Crippen LogP contribution in [0, 0.1) is 0 Å². The molecule has 0 aliphatic carbocycles. The highest BCUT2D eigenvalue weighted by Gasteiger charge is 2.38. The van der Waals surface area contributed by atoms with Gasteiger partial charge in [0, 0.05) is 31.8 Å². The van der Waals surface area contributed by atoms with E-state index in [1.54, 1.807) is 19.1 Å². The second-order valence-corrected chi connectivity index (χ2v) is 14.3. The van der Waals surface area contributed by atoms with E-state index in [9.17, 15) is 9.59 Å². The van der Waals surface area contributed by atoms with Crippen molar-refractivity contribution in [2.75, 3.05) is 20.5 Å². The Balaban J connectivity index is 4.59. The summed E-state index contributed by atoms with van der Waals surface area (Å²) in [6, 6.07) is 0. The highest BCUT2D eigenvalue weighted by molar-refractivity contribution is 6.74. The monoisotopic (exact) mass is 484 g/mol. The molecule has 0 saturated heterocycles. The SMILES string of the molecule is C=CCOC(=O)/C=C/C[C@@H](C[C@@H](C)OC(=O)/C=C/C[C@@H](C)O[Si](C)(C)C(C)(C)C)OCOC. The molecule has 33 heavy (non-hydrogen) atoms. The van der Waals surface area contributed by atoms with E-state index < -0.39 is 20.3 Å². The Hall–Kier alpha value is -1.74. The van der Waals surface area contributed by atoms with Crippen LogP contribution in [-0.4, -0.2) is 59.1 Å². The molecule has 0 bridgehead atoms. The molecule has 8 heteroatoms. The highest BCUT2D eigenvalue weighted by atomic mass is 28.4. The van der Waals surface area contributed by atoms with E-state index in [2.05, 4.69) is 40.4 Å². The third-order valence-electron chi connectivity index (χ3n) is 5.35. The van der Waals surface area contributed by atoms with Crippen molar-refractivity contribution in [3.63, 3.8) is 0 Å². The molecule has 0 fully saturated rings. The molecule has 0 spiro atoms. The molecular weight excluding hydrogens is 440 g/mol. The van der Waals surface area contributed by atoms with Gasteiger partial charge in [-0.25, -0.2) is 9.59 Å². The average molecular weight is 485 g/mol. The van der Waals surface area contributed by atoms with Crippen molar-refractivity contribution in [2.45, 2.75) is 90.3 Å². The predicted octanol–water partition coefficient (Wildman–Crippen LogP) is 5.33. The Morgan fingerprint density at radius 1 is 1.00 bits per heavy atom. The van der Waals surface area contributed by atoms with Crippen molar-refractivity contribution in [3.8, 4) is 0 Å². The summed E-state index contributed by atoms with van der Waals surface area (Å²) < 4.78 is 27.3. The number of carbonyl (C=O) groups excluding carboxylic acids is 2. The third kappa shape index (κ3) is 14.9. The van der Waals surface area contributed by atoms with E-state index in [4.69, 9.17) is 23.4 Å². The topological polar surface area (TPSA) is 80.3 Å². The first kappa shape index (κ1) is 31.3. The highest BCUT2D eigenvalue weighted by Crippen LogP contribution is 2.37. The zero-order valence-corrected chi connectivity index (χ0v) is 22.7. The lowest BCUT2D eigenvalue weighted by Crippen LogP contribution is -2.43. The minimum absolute atomic E-state index is 0.0316. The maximum Gasteiger partial charge on any atom is 0.330 e. The van der Waals surface area contributed by atoms with Crippen molar-refractivity contribution in [1.82, 2.24) is 0 Å². The van der Waals surface area contributed by atoms with E-state index in [-0.39, 0.29) is 36.7 Å². The van der Waals surface area contributed by atoms with Crippen molar-refractivity contribution in [1.29, 1.82) is 0 Å². The van der Waals surface area contributed by atoms with Gasteiger partial charge in [0.15, 0.2) is 8.32 Å². The molecular formula is C25H44O7Si. The molecule has 0 amide bonds. The second-order valence-electron chi connectivity index (χ2n) is 9.56. The van der Waals surface area contributed by atoms with Gasteiger partial charge in [-0.05, 0) is 44.8 Å². The standard InChI is InChI=1S/C25H44O7Si/c1-10-17-29-23(26)15-12-14-22(30-19-28-7)18-21(3)31-24(27)16-11-13-20(2)32-33(8,9)25(4,5)6/h10-12,15-16,20-22H,1,13-14,17-19H2,2-9H3/b15-12+,16-11+/t20-,21-,22+/m1/s1. The molecule has 0 N–H and O–H groups in total. The lowest BCUT2D eigenvalue weighted by Gasteiger charge is -2.38. The molecule has 0 rings (SSSR count). The van der Waals surface area contributed by atoms with Crippen molar-refractivity contribution in [3.05, 3.63) is 37.0 Å². The summed E-state index contributed by atoms with van der Waals surface area (Å²) in [6.07, 6.45) is 8.69. The Labute approximate surface area is 201 Å². The molecule has 0 saturated carbocycles. The van der Waals surface area contributed by atoms with Crippen LogP contribution in [0.1, 0.15) is 53.9 Å². The summed E-state index contributed by atoms with van der Waals surface area (Å²) in [6.45, 7) is 18.6. The number of hydrogen-bond acceptors (Lipinski definition) is 7. The lowest BCUT2D eigenvalue weighted by molar-refractivity contribution is -0.145. The van der Waals surface area contributed by atoms with Crippen LogP contribution in [0.2, 0.25) is 18.1 Å². The molecule has 0 aromatic rings. The smallest absolute Gasteiger partial charge is 0.330 e. The van der Waals surface area contributed by atoms with Crippen LogP contribution in [0.5, 0.6) is 0 Å². The molecule has 0 radical (unpaired) electrons. The zero-order chi connectivity index (χ0) is 25.5. The molecule has 0 heterocycles. The third-order valence-corrected chi connectivity index (χ3v) is 9.96. The van der Waals surface area contributed by atoms with Crippen molar-refractivity contribution in [2.24, 2.45) is 0 Å². The van der Waals surface area contributed by atoms with Crippen LogP contribution >= 0.6 is 0 Å². The molecule has 3 atom stereocenters. The van der Waals surface area contributed by atoms with Crippen LogP contribution in [0.15, 0.2) is 37.0 Å². The summed E-state index contributed by atoms with van der Waals surface area (Å²) in [5.41, 5.74) is 0. The Kier molecular flexibility index (Phi) is 15.1. The number of hydrogen-bond donors (Lipinski definition) is 0.